The molecule has 1 aromatic heterocycles. The van der Waals surface area contributed by atoms with Gasteiger partial charge in [0.25, 0.3) is 5.91 Å². The second-order valence-electron chi connectivity index (χ2n) is 7.60. The summed E-state index contributed by atoms with van der Waals surface area (Å²) >= 11 is 5.01. The van der Waals surface area contributed by atoms with Gasteiger partial charge in [-0.2, -0.15) is 0 Å². The van der Waals surface area contributed by atoms with Crippen LogP contribution in [0.3, 0.4) is 0 Å². The maximum atomic E-state index is 13.2. The van der Waals surface area contributed by atoms with Gasteiger partial charge in [0.05, 0.1) is 17.1 Å². The molecule has 3 aromatic rings. The Morgan fingerprint density at radius 1 is 1.15 bits per heavy atom. The Balaban J connectivity index is 1.68. The molecule has 2 aromatic carbocycles. The Kier molecular flexibility index (Phi) is 7.25. The fourth-order valence-corrected chi connectivity index (χ4v) is 5.55. The number of aryl methyl sites for hydroxylation is 1. The summed E-state index contributed by atoms with van der Waals surface area (Å²) in [4.78, 5) is 30.6. The molecule has 0 spiro atoms. The van der Waals surface area contributed by atoms with Crippen LogP contribution < -0.4 is 14.8 Å². The van der Waals surface area contributed by atoms with Crippen molar-refractivity contribution >= 4 is 56.0 Å². The van der Waals surface area contributed by atoms with Crippen molar-refractivity contribution in [2.45, 2.75) is 32.6 Å². The lowest BCUT2D eigenvalue weighted by Gasteiger charge is -2.13. The van der Waals surface area contributed by atoms with Gasteiger partial charge in [0, 0.05) is 23.7 Å². The van der Waals surface area contributed by atoms with Gasteiger partial charge in [-0.3, -0.25) is 9.59 Å². The highest BCUT2D eigenvalue weighted by Crippen LogP contribution is 2.41. The first-order valence-electron chi connectivity index (χ1n) is 10.6. The highest BCUT2D eigenvalue weighted by Gasteiger charge is 2.25. The van der Waals surface area contributed by atoms with Gasteiger partial charge in [0.1, 0.15) is 5.00 Å². The summed E-state index contributed by atoms with van der Waals surface area (Å²) in [7, 11) is 1.51. The van der Waals surface area contributed by atoms with Crippen LogP contribution in [0, 0.1) is 0 Å². The predicted octanol–water partition coefficient (Wildman–Crippen LogP) is 6.33. The lowest BCUT2D eigenvalue weighted by Crippen LogP contribution is -2.14. The van der Waals surface area contributed by atoms with Crippen molar-refractivity contribution in [2.75, 3.05) is 12.4 Å². The highest BCUT2D eigenvalue weighted by atomic mass is 79.9. The van der Waals surface area contributed by atoms with Crippen molar-refractivity contribution in [1.82, 2.24) is 0 Å². The van der Waals surface area contributed by atoms with Gasteiger partial charge in [0.2, 0.25) is 0 Å². The van der Waals surface area contributed by atoms with Gasteiger partial charge in [-0.25, -0.2) is 4.99 Å². The molecule has 1 heterocycles. The van der Waals surface area contributed by atoms with Gasteiger partial charge in [0.15, 0.2) is 11.5 Å². The number of methoxy groups -OCH3 is 1. The second-order valence-corrected chi connectivity index (χ2v) is 9.54. The molecule has 0 fully saturated rings. The van der Waals surface area contributed by atoms with Gasteiger partial charge in [-0.05, 0) is 77.0 Å². The van der Waals surface area contributed by atoms with Crippen molar-refractivity contribution in [3.05, 3.63) is 68.5 Å². The molecular formula is C25H23BrN2O4S. The van der Waals surface area contributed by atoms with Crippen molar-refractivity contribution in [2.24, 2.45) is 4.99 Å². The number of amides is 1. The van der Waals surface area contributed by atoms with Crippen LogP contribution >= 0.6 is 27.3 Å². The van der Waals surface area contributed by atoms with E-state index < -0.39 is 5.97 Å². The molecule has 0 saturated heterocycles. The third kappa shape index (κ3) is 5.34. The Bertz CT molecular complexity index is 1220. The minimum atomic E-state index is -0.436. The summed E-state index contributed by atoms with van der Waals surface area (Å²) in [6, 6.07) is 13.0. The molecule has 0 atom stereocenters. The van der Waals surface area contributed by atoms with E-state index in [9.17, 15) is 9.59 Å². The number of hydrogen-bond acceptors (Lipinski definition) is 6. The standard InChI is InChI=1S/C25H23BrN2O4S/c1-15(29)32-23-19(26)12-16(13-20(23)31-2)14-27-25-22(18-10-6-7-11-21(18)33-25)24(30)28-17-8-4-3-5-9-17/h3-5,8-9,12-14H,6-7,10-11H2,1-2H3,(H,28,30). The highest BCUT2D eigenvalue weighted by molar-refractivity contribution is 9.10. The Morgan fingerprint density at radius 2 is 1.91 bits per heavy atom. The van der Waals surface area contributed by atoms with E-state index in [0.29, 0.717) is 26.5 Å². The number of aliphatic imine (C=N–C) groups is 1. The summed E-state index contributed by atoms with van der Waals surface area (Å²) in [5.74, 6) is 0.149. The first-order valence-corrected chi connectivity index (χ1v) is 12.2. The van der Waals surface area contributed by atoms with Crippen LogP contribution in [-0.2, 0) is 17.6 Å². The number of ether oxygens (including phenoxy) is 2. The molecule has 0 unspecified atom stereocenters. The van der Waals surface area contributed by atoms with Crippen molar-refractivity contribution in [3.8, 4) is 11.5 Å². The molecule has 1 aliphatic rings. The number of nitrogens with one attached hydrogen (secondary N) is 1. The number of rotatable bonds is 6. The molecule has 1 N–H and O–H groups in total. The van der Waals surface area contributed by atoms with E-state index in [1.54, 1.807) is 29.7 Å². The molecule has 8 heteroatoms. The summed E-state index contributed by atoms with van der Waals surface area (Å²) in [6.45, 7) is 1.34. The Morgan fingerprint density at radius 3 is 2.64 bits per heavy atom. The lowest BCUT2D eigenvalue weighted by atomic mass is 9.95. The SMILES string of the molecule is COc1cc(C=Nc2sc3c(c2C(=O)Nc2ccccc2)CCCC3)cc(Br)c1OC(C)=O. The fraction of sp³-hybridized carbons (Fsp3) is 0.240. The molecule has 170 valence electrons. The predicted molar refractivity (Wildman–Crippen MR) is 135 cm³/mol. The number of carbonyl (C=O) groups is 2. The zero-order chi connectivity index (χ0) is 23.4. The summed E-state index contributed by atoms with van der Waals surface area (Å²) in [6.07, 6.45) is 5.74. The number of halogens is 1. The molecule has 0 bridgehead atoms. The first kappa shape index (κ1) is 23.2. The number of para-hydroxylation sites is 1. The Hall–Kier alpha value is -2.97. The van der Waals surface area contributed by atoms with Crippen LogP contribution in [0.15, 0.2) is 51.9 Å². The van der Waals surface area contributed by atoms with Gasteiger partial charge < -0.3 is 14.8 Å². The lowest BCUT2D eigenvalue weighted by molar-refractivity contribution is -0.132. The van der Waals surface area contributed by atoms with Crippen LogP contribution in [0.25, 0.3) is 0 Å². The minimum Gasteiger partial charge on any atom is -0.493 e. The normalized spacial score (nSPS) is 12.9. The van der Waals surface area contributed by atoms with E-state index >= 15 is 0 Å². The van der Waals surface area contributed by atoms with E-state index in [1.807, 2.05) is 30.3 Å². The van der Waals surface area contributed by atoms with E-state index in [0.717, 1.165) is 42.5 Å². The first-order chi connectivity index (χ1) is 16.0. The quantitative estimate of drug-likeness (QED) is 0.231. The van der Waals surface area contributed by atoms with Crippen LogP contribution in [0.5, 0.6) is 11.5 Å². The molecular weight excluding hydrogens is 504 g/mol. The number of carbonyl (C=O) groups excluding carboxylic acids is 2. The third-order valence-electron chi connectivity index (χ3n) is 5.24. The van der Waals surface area contributed by atoms with Crippen LogP contribution in [0.1, 0.15) is 46.1 Å². The van der Waals surface area contributed by atoms with E-state index in [-0.39, 0.29) is 5.91 Å². The van der Waals surface area contributed by atoms with Crippen LogP contribution in [-0.4, -0.2) is 25.2 Å². The average Bonchev–Trinajstić information content (AvgIpc) is 3.18. The van der Waals surface area contributed by atoms with E-state index in [1.165, 1.54) is 18.9 Å². The molecule has 4 rings (SSSR count). The number of esters is 1. The molecule has 1 aliphatic carbocycles. The fourth-order valence-electron chi connectivity index (χ4n) is 3.78. The van der Waals surface area contributed by atoms with Gasteiger partial charge in [-0.1, -0.05) is 18.2 Å². The van der Waals surface area contributed by atoms with Crippen molar-refractivity contribution in [1.29, 1.82) is 0 Å². The molecule has 6 nitrogen and oxygen atoms in total. The summed E-state index contributed by atoms with van der Waals surface area (Å²) < 4.78 is 11.2. The number of anilines is 1. The largest absolute Gasteiger partial charge is 0.493 e. The van der Waals surface area contributed by atoms with Crippen LogP contribution in [0.4, 0.5) is 10.7 Å². The number of fused-ring (bicyclic) bond motifs is 1. The van der Waals surface area contributed by atoms with Gasteiger partial charge >= 0.3 is 5.97 Å². The molecule has 0 aliphatic heterocycles. The molecule has 33 heavy (non-hydrogen) atoms. The van der Waals surface area contributed by atoms with Crippen molar-refractivity contribution < 1.29 is 19.1 Å². The monoisotopic (exact) mass is 526 g/mol. The Labute approximate surface area is 204 Å². The zero-order valence-electron chi connectivity index (χ0n) is 18.3. The second kappa shape index (κ2) is 10.3. The minimum absolute atomic E-state index is 0.142. The number of benzene rings is 2. The zero-order valence-corrected chi connectivity index (χ0v) is 20.7. The maximum Gasteiger partial charge on any atom is 0.308 e. The van der Waals surface area contributed by atoms with Crippen LogP contribution in [0.2, 0.25) is 0 Å². The maximum absolute atomic E-state index is 13.2. The topological polar surface area (TPSA) is 77.0 Å². The smallest absolute Gasteiger partial charge is 0.308 e. The molecule has 0 saturated carbocycles. The molecule has 1 amide bonds. The van der Waals surface area contributed by atoms with E-state index in [4.69, 9.17) is 14.5 Å². The summed E-state index contributed by atoms with van der Waals surface area (Å²) in [5.41, 5.74) is 3.26. The average molecular weight is 527 g/mol. The third-order valence-corrected chi connectivity index (χ3v) is 7.03. The summed E-state index contributed by atoms with van der Waals surface area (Å²) in [5, 5.41) is 3.69. The van der Waals surface area contributed by atoms with Gasteiger partial charge in [-0.15, -0.1) is 11.3 Å². The molecule has 0 radical (unpaired) electrons. The number of hydrogen-bond donors (Lipinski definition) is 1. The number of nitrogens with zero attached hydrogens (tertiary/aromatic N) is 1. The van der Waals surface area contributed by atoms with E-state index in [2.05, 4.69) is 21.2 Å². The van der Waals surface area contributed by atoms with Crippen molar-refractivity contribution in [3.63, 3.8) is 0 Å². The number of thiophene rings is 1.